The zero-order chi connectivity index (χ0) is 24.5. The molecule has 0 spiro atoms. The van der Waals surface area contributed by atoms with Gasteiger partial charge in [0, 0.05) is 18.8 Å². The van der Waals surface area contributed by atoms with Crippen molar-refractivity contribution in [3.63, 3.8) is 0 Å². The Balaban J connectivity index is 2.14. The van der Waals surface area contributed by atoms with Crippen molar-refractivity contribution in [1.29, 1.82) is 0 Å². The number of aliphatic carboxylic acids is 1. The maximum absolute atomic E-state index is 12.3. The molecule has 2 aromatic rings. The largest absolute Gasteiger partial charge is 0.481 e. The van der Waals surface area contributed by atoms with E-state index >= 15 is 0 Å². The summed E-state index contributed by atoms with van der Waals surface area (Å²) in [5.41, 5.74) is 0.435. The number of hydrogen-bond donors (Lipinski definition) is 5. The highest BCUT2D eigenvalue weighted by molar-refractivity contribution is 7.99. The molecule has 0 amide bonds. The standard InChI is InChI=1S/C16H22N6O8S3/c1-17-6-7-18-14-20-15(22-16(21-14)31-10-13(23)24)19-11-2-4-12(5-3-11)32(25,26)9-8-30-33(27,28)29/h2-5,17H,6-10H2,1H3,(H,23,24)(H,27,28,29)(H2,18,19,20,21,22). The third-order valence-electron chi connectivity index (χ3n) is 3.65. The van der Waals surface area contributed by atoms with Gasteiger partial charge in [-0.3, -0.25) is 9.35 Å². The molecular weight excluding hydrogens is 500 g/mol. The SMILES string of the molecule is CNCCNc1nc(Nc2ccc(S(=O)(=O)CCOS(=O)(=O)O)cc2)nc(SCC(=O)O)n1. The first-order valence-electron chi connectivity index (χ1n) is 9.19. The van der Waals surface area contributed by atoms with Crippen molar-refractivity contribution in [1.82, 2.24) is 20.3 Å². The lowest BCUT2D eigenvalue weighted by molar-refractivity contribution is -0.133. The second kappa shape index (κ2) is 12.1. The monoisotopic (exact) mass is 522 g/mol. The number of benzene rings is 1. The number of aromatic nitrogens is 3. The highest BCUT2D eigenvalue weighted by atomic mass is 32.3. The summed E-state index contributed by atoms with van der Waals surface area (Å²) in [4.78, 5) is 23.3. The molecule has 182 valence electrons. The molecule has 0 atom stereocenters. The molecule has 0 aliphatic carbocycles. The van der Waals surface area contributed by atoms with Gasteiger partial charge in [0.15, 0.2) is 15.0 Å². The number of carbonyl (C=O) groups is 1. The Labute approximate surface area is 194 Å². The minimum absolute atomic E-state index is 0.0882. The van der Waals surface area contributed by atoms with Crippen LogP contribution in [-0.4, -0.2) is 85.7 Å². The Morgan fingerprint density at radius 1 is 1.06 bits per heavy atom. The smallest absolute Gasteiger partial charge is 0.397 e. The van der Waals surface area contributed by atoms with Crippen LogP contribution in [0.2, 0.25) is 0 Å². The van der Waals surface area contributed by atoms with Gasteiger partial charge >= 0.3 is 16.4 Å². The highest BCUT2D eigenvalue weighted by Crippen LogP contribution is 2.21. The third kappa shape index (κ3) is 9.84. The maximum Gasteiger partial charge on any atom is 0.397 e. The molecule has 17 heteroatoms. The van der Waals surface area contributed by atoms with Crippen LogP contribution in [0.1, 0.15) is 0 Å². The van der Waals surface area contributed by atoms with Crippen molar-refractivity contribution < 1.29 is 35.5 Å². The fourth-order valence-corrected chi connectivity index (χ4v) is 4.27. The molecule has 5 N–H and O–H groups in total. The second-order valence-corrected chi connectivity index (χ2v) is 10.3. The number of sulfone groups is 1. The topological polar surface area (TPSA) is 210 Å². The number of hydrogen-bond acceptors (Lipinski definition) is 13. The predicted octanol–water partition coefficient (Wildman–Crippen LogP) is 0.0163. The lowest BCUT2D eigenvalue weighted by Gasteiger charge is -2.10. The average Bonchev–Trinajstić information content (AvgIpc) is 2.72. The van der Waals surface area contributed by atoms with Crippen LogP contribution < -0.4 is 16.0 Å². The Kier molecular flexibility index (Phi) is 9.74. The molecule has 0 bridgehead atoms. The summed E-state index contributed by atoms with van der Waals surface area (Å²) in [6.07, 6.45) is 0. The van der Waals surface area contributed by atoms with E-state index in [1.807, 2.05) is 0 Å². The fraction of sp³-hybridized carbons (Fsp3) is 0.375. The van der Waals surface area contributed by atoms with Gasteiger partial charge in [0.1, 0.15) is 0 Å². The molecule has 1 aromatic carbocycles. The molecule has 33 heavy (non-hydrogen) atoms. The van der Waals surface area contributed by atoms with E-state index in [9.17, 15) is 21.6 Å². The molecule has 0 aliphatic rings. The zero-order valence-electron chi connectivity index (χ0n) is 17.3. The predicted molar refractivity (Wildman–Crippen MR) is 120 cm³/mol. The molecule has 0 saturated carbocycles. The van der Waals surface area contributed by atoms with E-state index in [1.54, 1.807) is 7.05 Å². The van der Waals surface area contributed by atoms with Gasteiger partial charge in [0.2, 0.25) is 11.9 Å². The first-order valence-corrected chi connectivity index (χ1v) is 13.2. The Bertz CT molecular complexity index is 1160. The van der Waals surface area contributed by atoms with Gasteiger partial charge in [-0.2, -0.15) is 23.4 Å². The van der Waals surface area contributed by atoms with Crippen molar-refractivity contribution in [2.75, 3.05) is 48.9 Å². The van der Waals surface area contributed by atoms with Crippen molar-refractivity contribution in [3.05, 3.63) is 24.3 Å². The molecular formula is C16H22N6O8S3. The number of nitrogens with one attached hydrogen (secondary N) is 3. The van der Waals surface area contributed by atoms with Crippen LogP contribution in [0.15, 0.2) is 34.3 Å². The summed E-state index contributed by atoms with van der Waals surface area (Å²) >= 11 is 0.913. The highest BCUT2D eigenvalue weighted by Gasteiger charge is 2.17. The van der Waals surface area contributed by atoms with Crippen LogP contribution in [0.5, 0.6) is 0 Å². The number of thioether (sulfide) groups is 1. The lowest BCUT2D eigenvalue weighted by atomic mass is 10.3. The van der Waals surface area contributed by atoms with Gasteiger partial charge in [-0.05, 0) is 31.3 Å². The number of rotatable bonds is 14. The average molecular weight is 523 g/mol. The minimum atomic E-state index is -4.73. The van der Waals surface area contributed by atoms with Crippen LogP contribution >= 0.6 is 11.8 Å². The minimum Gasteiger partial charge on any atom is -0.481 e. The normalized spacial score (nSPS) is 11.8. The number of nitrogens with zero attached hydrogens (tertiary/aromatic N) is 3. The quantitative estimate of drug-likeness (QED) is 0.126. The summed E-state index contributed by atoms with van der Waals surface area (Å²) in [6, 6.07) is 5.47. The number of carboxylic acids is 1. The van der Waals surface area contributed by atoms with E-state index in [0.29, 0.717) is 18.8 Å². The molecule has 1 aromatic heterocycles. The number of carboxylic acid groups (broad SMARTS) is 1. The van der Waals surface area contributed by atoms with Crippen molar-refractivity contribution in [3.8, 4) is 0 Å². The maximum atomic E-state index is 12.3. The summed E-state index contributed by atoms with van der Waals surface area (Å²) in [5, 5.41) is 17.9. The van der Waals surface area contributed by atoms with Crippen molar-refractivity contribution >= 4 is 55.6 Å². The Morgan fingerprint density at radius 3 is 2.33 bits per heavy atom. The van der Waals surface area contributed by atoms with Gasteiger partial charge in [-0.1, -0.05) is 11.8 Å². The number of anilines is 3. The molecule has 2 rings (SSSR count). The van der Waals surface area contributed by atoms with Crippen LogP contribution in [0.4, 0.5) is 17.6 Å². The first-order chi connectivity index (χ1) is 15.5. The van der Waals surface area contributed by atoms with Gasteiger partial charge < -0.3 is 21.1 Å². The van der Waals surface area contributed by atoms with E-state index in [2.05, 4.69) is 35.1 Å². The van der Waals surface area contributed by atoms with Crippen LogP contribution in [0.25, 0.3) is 0 Å². The number of likely N-dealkylation sites (N-methyl/N-ethyl adjacent to an activating group) is 1. The molecule has 1 heterocycles. The van der Waals surface area contributed by atoms with Gasteiger partial charge in [0.05, 0.1) is 23.0 Å². The lowest BCUT2D eigenvalue weighted by Crippen LogP contribution is -2.19. The zero-order valence-corrected chi connectivity index (χ0v) is 19.7. The van der Waals surface area contributed by atoms with Crippen LogP contribution in [-0.2, 0) is 29.2 Å². The van der Waals surface area contributed by atoms with E-state index in [1.165, 1.54) is 24.3 Å². The van der Waals surface area contributed by atoms with Gasteiger partial charge in [-0.15, -0.1) is 0 Å². The van der Waals surface area contributed by atoms with E-state index in [-0.39, 0.29) is 27.7 Å². The molecule has 0 radical (unpaired) electrons. The van der Waals surface area contributed by atoms with Gasteiger partial charge in [-0.25, -0.2) is 12.6 Å². The molecule has 0 fully saturated rings. The van der Waals surface area contributed by atoms with E-state index in [4.69, 9.17) is 9.66 Å². The van der Waals surface area contributed by atoms with Crippen LogP contribution in [0, 0.1) is 0 Å². The van der Waals surface area contributed by atoms with Crippen LogP contribution in [0.3, 0.4) is 0 Å². The van der Waals surface area contributed by atoms with E-state index < -0.39 is 38.6 Å². The first kappa shape index (κ1) is 26.7. The van der Waals surface area contributed by atoms with E-state index in [0.717, 1.165) is 11.8 Å². The Hall–Kier alpha value is -2.57. The summed E-state index contributed by atoms with van der Waals surface area (Å²) in [6.45, 7) is 0.417. The van der Waals surface area contributed by atoms with Crippen molar-refractivity contribution in [2.24, 2.45) is 0 Å². The molecule has 0 saturated heterocycles. The second-order valence-electron chi connectivity index (χ2n) is 6.20. The van der Waals surface area contributed by atoms with Crippen molar-refractivity contribution in [2.45, 2.75) is 10.1 Å². The molecule has 0 aliphatic heterocycles. The molecule has 0 unspecified atom stereocenters. The summed E-state index contributed by atoms with van der Waals surface area (Å²) < 4.78 is 58.2. The molecule has 14 nitrogen and oxygen atoms in total. The summed E-state index contributed by atoms with van der Waals surface area (Å²) in [7, 11) is -6.81. The fourth-order valence-electron chi connectivity index (χ4n) is 2.22. The summed E-state index contributed by atoms with van der Waals surface area (Å²) in [5.74, 6) is -1.58. The third-order valence-corrected chi connectivity index (χ3v) is 6.64. The van der Waals surface area contributed by atoms with Gasteiger partial charge in [0.25, 0.3) is 0 Å². The Morgan fingerprint density at radius 2 is 1.73 bits per heavy atom.